The van der Waals surface area contributed by atoms with Crippen LogP contribution in [-0.2, 0) is 0 Å². The molecule has 110 valence electrons. The van der Waals surface area contributed by atoms with Gasteiger partial charge in [0.15, 0.2) is 0 Å². The fourth-order valence-corrected chi connectivity index (χ4v) is 4.99. The van der Waals surface area contributed by atoms with E-state index in [9.17, 15) is 5.21 Å². The van der Waals surface area contributed by atoms with Gasteiger partial charge in [0.05, 0.1) is 0 Å². The van der Waals surface area contributed by atoms with E-state index in [-0.39, 0.29) is 0 Å². The first-order chi connectivity index (χ1) is 9.36. The van der Waals surface area contributed by atoms with Crippen molar-refractivity contribution in [1.82, 2.24) is 5.06 Å². The summed E-state index contributed by atoms with van der Waals surface area (Å²) in [6, 6.07) is 0.974. The molecular formula is C17H31NO. The number of hydrogen-bond acceptors (Lipinski definition) is 2. The molecule has 2 atom stereocenters. The Bertz CT molecular complexity index is 242. The highest BCUT2D eigenvalue weighted by Crippen LogP contribution is 2.39. The lowest BCUT2D eigenvalue weighted by Gasteiger charge is -2.46. The molecule has 2 nitrogen and oxygen atoms in total. The molecule has 19 heavy (non-hydrogen) atoms. The number of hydroxylamine groups is 2. The van der Waals surface area contributed by atoms with Crippen LogP contribution in [0, 0.1) is 11.8 Å². The highest BCUT2D eigenvalue weighted by molar-refractivity contribution is 4.89. The van der Waals surface area contributed by atoms with Crippen LogP contribution in [0.5, 0.6) is 0 Å². The van der Waals surface area contributed by atoms with Crippen molar-refractivity contribution in [3.05, 3.63) is 0 Å². The van der Waals surface area contributed by atoms with Crippen LogP contribution in [0.25, 0.3) is 0 Å². The van der Waals surface area contributed by atoms with Gasteiger partial charge in [0.1, 0.15) is 0 Å². The molecule has 0 aromatic carbocycles. The summed E-state index contributed by atoms with van der Waals surface area (Å²) in [4.78, 5) is 0. The summed E-state index contributed by atoms with van der Waals surface area (Å²) < 4.78 is 0. The smallest absolute Gasteiger partial charge is 0.0381 e. The summed E-state index contributed by atoms with van der Waals surface area (Å²) in [6.07, 6.45) is 17.7. The second kappa shape index (κ2) is 6.58. The summed E-state index contributed by atoms with van der Waals surface area (Å²) in [6.45, 7) is 0. The molecule has 0 aromatic heterocycles. The molecule has 2 aliphatic carbocycles. The zero-order valence-electron chi connectivity index (χ0n) is 12.4. The highest BCUT2D eigenvalue weighted by Gasteiger charge is 2.38. The normalized spacial score (nSPS) is 36.5. The molecule has 3 rings (SSSR count). The predicted molar refractivity (Wildman–Crippen MR) is 78.2 cm³/mol. The third kappa shape index (κ3) is 3.16. The van der Waals surface area contributed by atoms with Crippen molar-refractivity contribution in [2.45, 2.75) is 95.6 Å². The van der Waals surface area contributed by atoms with Crippen molar-refractivity contribution in [2.75, 3.05) is 0 Å². The molecule has 2 saturated carbocycles. The minimum Gasteiger partial charge on any atom is -0.313 e. The Balaban J connectivity index is 1.62. The molecule has 2 heteroatoms. The van der Waals surface area contributed by atoms with Crippen molar-refractivity contribution in [2.24, 2.45) is 11.8 Å². The Hall–Kier alpha value is -0.0800. The molecule has 1 heterocycles. The van der Waals surface area contributed by atoms with Crippen LogP contribution < -0.4 is 0 Å². The average Bonchev–Trinajstić information content (AvgIpc) is 2.49. The van der Waals surface area contributed by atoms with E-state index in [1.807, 2.05) is 5.06 Å². The predicted octanol–water partition coefficient (Wildman–Crippen LogP) is 4.76. The number of rotatable bonds is 2. The van der Waals surface area contributed by atoms with E-state index < -0.39 is 0 Å². The van der Waals surface area contributed by atoms with Gasteiger partial charge >= 0.3 is 0 Å². The van der Waals surface area contributed by atoms with Gasteiger partial charge in [-0.2, -0.15) is 5.06 Å². The van der Waals surface area contributed by atoms with Gasteiger partial charge in [-0.3, -0.25) is 0 Å². The summed E-state index contributed by atoms with van der Waals surface area (Å²) in [5.41, 5.74) is 0. The van der Waals surface area contributed by atoms with Crippen LogP contribution in [-0.4, -0.2) is 22.4 Å². The number of hydrogen-bond donors (Lipinski definition) is 1. The van der Waals surface area contributed by atoms with Crippen molar-refractivity contribution in [1.29, 1.82) is 0 Å². The van der Waals surface area contributed by atoms with E-state index in [1.54, 1.807) is 0 Å². The van der Waals surface area contributed by atoms with E-state index in [4.69, 9.17) is 0 Å². The molecule has 3 fully saturated rings. The minimum atomic E-state index is 0.487. The van der Waals surface area contributed by atoms with E-state index in [1.165, 1.54) is 83.5 Å². The molecule has 1 saturated heterocycles. The maximum atomic E-state index is 10.8. The highest BCUT2D eigenvalue weighted by atomic mass is 16.5. The Kier molecular flexibility index (Phi) is 4.81. The van der Waals surface area contributed by atoms with Crippen molar-refractivity contribution in [3.8, 4) is 0 Å². The summed E-state index contributed by atoms with van der Waals surface area (Å²) >= 11 is 0. The Morgan fingerprint density at radius 2 is 0.947 bits per heavy atom. The molecule has 2 unspecified atom stereocenters. The van der Waals surface area contributed by atoms with Crippen molar-refractivity contribution >= 4 is 0 Å². The quantitative estimate of drug-likeness (QED) is 0.778. The first kappa shape index (κ1) is 13.9. The number of piperidine rings is 1. The molecule has 0 aromatic rings. The van der Waals surface area contributed by atoms with Gasteiger partial charge < -0.3 is 5.21 Å². The van der Waals surface area contributed by atoms with Gasteiger partial charge in [-0.15, -0.1) is 0 Å². The van der Waals surface area contributed by atoms with Crippen molar-refractivity contribution < 1.29 is 5.21 Å². The van der Waals surface area contributed by atoms with Crippen LogP contribution in [0.3, 0.4) is 0 Å². The molecule has 0 amide bonds. The molecule has 3 aliphatic rings. The molecule has 0 radical (unpaired) electrons. The maximum Gasteiger partial charge on any atom is 0.0381 e. The first-order valence-electron chi connectivity index (χ1n) is 8.83. The van der Waals surface area contributed by atoms with Crippen LogP contribution in [0.1, 0.15) is 83.5 Å². The molecular weight excluding hydrogens is 234 g/mol. The van der Waals surface area contributed by atoms with Gasteiger partial charge in [0.25, 0.3) is 0 Å². The zero-order valence-corrected chi connectivity index (χ0v) is 12.4. The summed E-state index contributed by atoms with van der Waals surface area (Å²) in [5.74, 6) is 1.57. The SMILES string of the molecule is ON1C(C2CCCCC2)CCCC1C1CCCCC1. The van der Waals surface area contributed by atoms with Crippen LogP contribution in [0.4, 0.5) is 0 Å². The lowest BCUT2D eigenvalue weighted by atomic mass is 9.75. The molecule has 1 N–H and O–H groups in total. The lowest BCUT2D eigenvalue weighted by Crippen LogP contribution is -2.51. The maximum absolute atomic E-state index is 10.8. The van der Waals surface area contributed by atoms with Gasteiger partial charge in [0, 0.05) is 12.1 Å². The lowest BCUT2D eigenvalue weighted by molar-refractivity contribution is -0.207. The van der Waals surface area contributed by atoms with Crippen LogP contribution >= 0.6 is 0 Å². The number of nitrogens with zero attached hydrogens (tertiary/aromatic N) is 1. The fourth-order valence-electron chi connectivity index (χ4n) is 4.99. The summed E-state index contributed by atoms with van der Waals surface area (Å²) in [7, 11) is 0. The Morgan fingerprint density at radius 3 is 1.37 bits per heavy atom. The second-order valence-electron chi connectivity index (χ2n) is 7.24. The van der Waals surface area contributed by atoms with Crippen LogP contribution in [0.15, 0.2) is 0 Å². The van der Waals surface area contributed by atoms with Gasteiger partial charge in [0.2, 0.25) is 0 Å². The topological polar surface area (TPSA) is 23.5 Å². The minimum absolute atomic E-state index is 0.487. The largest absolute Gasteiger partial charge is 0.313 e. The molecule has 0 spiro atoms. The van der Waals surface area contributed by atoms with E-state index in [0.29, 0.717) is 12.1 Å². The van der Waals surface area contributed by atoms with Crippen molar-refractivity contribution in [3.63, 3.8) is 0 Å². The van der Waals surface area contributed by atoms with Gasteiger partial charge in [-0.25, -0.2) is 0 Å². The van der Waals surface area contributed by atoms with E-state index in [2.05, 4.69) is 0 Å². The van der Waals surface area contributed by atoms with Gasteiger partial charge in [-0.05, 0) is 50.4 Å². The second-order valence-corrected chi connectivity index (χ2v) is 7.24. The third-order valence-corrected chi connectivity index (χ3v) is 6.07. The first-order valence-corrected chi connectivity index (χ1v) is 8.83. The fraction of sp³-hybridized carbons (Fsp3) is 1.00. The summed E-state index contributed by atoms with van der Waals surface area (Å²) in [5, 5.41) is 12.6. The van der Waals surface area contributed by atoms with E-state index in [0.717, 1.165) is 11.8 Å². The van der Waals surface area contributed by atoms with E-state index >= 15 is 0 Å². The molecule has 1 aliphatic heterocycles. The zero-order chi connectivity index (χ0) is 13.1. The Morgan fingerprint density at radius 1 is 0.526 bits per heavy atom. The Labute approximate surface area is 118 Å². The van der Waals surface area contributed by atoms with Crippen LogP contribution in [0.2, 0.25) is 0 Å². The van der Waals surface area contributed by atoms with Gasteiger partial charge in [-0.1, -0.05) is 44.9 Å². The standard InChI is InChI=1S/C17H31NO/c19-18-16(14-8-3-1-4-9-14)12-7-13-17(18)15-10-5-2-6-11-15/h14-17,19H,1-13H2. The third-order valence-electron chi connectivity index (χ3n) is 6.07. The molecule has 0 bridgehead atoms. The monoisotopic (exact) mass is 265 g/mol. The average molecular weight is 265 g/mol.